The molecule has 33 heavy (non-hydrogen) atoms. The second-order valence-corrected chi connectivity index (χ2v) is 9.08. The highest BCUT2D eigenvalue weighted by Gasteiger charge is 2.27. The summed E-state index contributed by atoms with van der Waals surface area (Å²) in [6.07, 6.45) is 2.62. The summed E-state index contributed by atoms with van der Waals surface area (Å²) in [5.41, 5.74) is 2.07. The van der Waals surface area contributed by atoms with Crippen molar-refractivity contribution < 1.29 is 19.0 Å². The van der Waals surface area contributed by atoms with Crippen LogP contribution in [0, 0.1) is 5.92 Å². The molecule has 1 atom stereocenters. The summed E-state index contributed by atoms with van der Waals surface area (Å²) in [4.78, 5) is 19.9. The third-order valence-corrected chi connectivity index (χ3v) is 6.96. The first-order chi connectivity index (χ1) is 16.1. The molecule has 0 radical (unpaired) electrons. The molecule has 7 nitrogen and oxygen atoms in total. The third kappa shape index (κ3) is 5.50. The van der Waals surface area contributed by atoms with Crippen LogP contribution in [-0.2, 0) is 11.2 Å². The molecule has 0 spiro atoms. The van der Waals surface area contributed by atoms with Crippen molar-refractivity contribution in [2.24, 2.45) is 5.92 Å². The molecular weight excluding hydrogens is 438 g/mol. The van der Waals surface area contributed by atoms with Gasteiger partial charge in [0.1, 0.15) is 5.75 Å². The minimum Gasteiger partial charge on any atom is -0.494 e. The van der Waals surface area contributed by atoms with E-state index in [1.165, 1.54) is 0 Å². The van der Waals surface area contributed by atoms with Gasteiger partial charge < -0.3 is 24.4 Å². The van der Waals surface area contributed by atoms with Gasteiger partial charge >= 0.3 is 0 Å². The lowest BCUT2D eigenvalue weighted by molar-refractivity contribution is -0.125. The van der Waals surface area contributed by atoms with Crippen molar-refractivity contribution in [3.63, 3.8) is 0 Å². The highest BCUT2D eigenvalue weighted by molar-refractivity contribution is 7.22. The average molecular weight is 470 g/mol. The summed E-state index contributed by atoms with van der Waals surface area (Å²) in [5, 5.41) is 4.09. The zero-order valence-corrected chi connectivity index (χ0v) is 20.2. The van der Waals surface area contributed by atoms with Crippen molar-refractivity contribution in [3.8, 4) is 17.2 Å². The van der Waals surface area contributed by atoms with E-state index < -0.39 is 0 Å². The SMILES string of the molecule is CCOc1ccc2nc(N3CCC[C@H](C(=O)NCCc4ccc(OC)c(OC)c4)C3)sc2c1. The quantitative estimate of drug-likeness (QED) is 0.504. The Labute approximate surface area is 198 Å². The average Bonchev–Trinajstić information content (AvgIpc) is 3.27. The Bertz CT molecular complexity index is 1100. The lowest BCUT2D eigenvalue weighted by Crippen LogP contribution is -2.43. The first-order valence-corrected chi connectivity index (χ1v) is 12.2. The molecule has 0 unspecified atom stereocenters. The molecule has 1 aliphatic rings. The lowest BCUT2D eigenvalue weighted by Gasteiger charge is -2.31. The van der Waals surface area contributed by atoms with E-state index in [9.17, 15) is 4.79 Å². The number of hydrogen-bond acceptors (Lipinski definition) is 7. The number of anilines is 1. The van der Waals surface area contributed by atoms with Crippen LogP contribution in [0.25, 0.3) is 10.2 Å². The molecule has 1 aliphatic heterocycles. The molecule has 1 N–H and O–H groups in total. The largest absolute Gasteiger partial charge is 0.494 e. The van der Waals surface area contributed by atoms with Crippen LogP contribution in [0.3, 0.4) is 0 Å². The van der Waals surface area contributed by atoms with Crippen molar-refractivity contribution in [1.29, 1.82) is 0 Å². The Kier molecular flexibility index (Phi) is 7.54. The number of ether oxygens (including phenoxy) is 3. The van der Waals surface area contributed by atoms with Crippen molar-refractivity contribution >= 4 is 32.6 Å². The van der Waals surface area contributed by atoms with Crippen LogP contribution in [0.1, 0.15) is 25.3 Å². The number of rotatable bonds is 9. The van der Waals surface area contributed by atoms with Crippen LogP contribution in [0.2, 0.25) is 0 Å². The molecule has 0 aliphatic carbocycles. The number of fused-ring (bicyclic) bond motifs is 1. The highest BCUT2D eigenvalue weighted by atomic mass is 32.1. The number of nitrogens with one attached hydrogen (secondary N) is 1. The maximum absolute atomic E-state index is 12.9. The van der Waals surface area contributed by atoms with E-state index in [-0.39, 0.29) is 11.8 Å². The second-order valence-electron chi connectivity index (χ2n) is 8.07. The number of methoxy groups -OCH3 is 2. The van der Waals surface area contributed by atoms with Gasteiger partial charge in [-0.05, 0) is 62.1 Å². The molecule has 2 aromatic carbocycles. The van der Waals surface area contributed by atoms with E-state index in [1.807, 2.05) is 43.3 Å². The van der Waals surface area contributed by atoms with E-state index in [0.717, 1.165) is 52.5 Å². The standard InChI is InChI=1S/C25H31N3O4S/c1-4-32-19-8-9-20-23(15-19)33-25(27-20)28-13-5-6-18(16-28)24(29)26-12-11-17-7-10-21(30-2)22(14-17)31-3/h7-10,14-15,18H,4-6,11-13,16H2,1-3H3,(H,26,29)/t18-/m0/s1. The normalized spacial score (nSPS) is 16.0. The summed E-state index contributed by atoms with van der Waals surface area (Å²) in [6, 6.07) is 11.9. The molecule has 1 amide bonds. The van der Waals surface area contributed by atoms with Gasteiger partial charge in [0, 0.05) is 19.6 Å². The monoisotopic (exact) mass is 469 g/mol. The van der Waals surface area contributed by atoms with E-state index >= 15 is 0 Å². The van der Waals surface area contributed by atoms with Gasteiger partial charge in [0.2, 0.25) is 5.91 Å². The number of benzene rings is 2. The Morgan fingerprint density at radius 3 is 2.82 bits per heavy atom. The van der Waals surface area contributed by atoms with Crippen LogP contribution in [0.15, 0.2) is 36.4 Å². The van der Waals surface area contributed by atoms with Gasteiger partial charge in [-0.25, -0.2) is 4.98 Å². The number of nitrogens with zero attached hydrogens (tertiary/aromatic N) is 2. The van der Waals surface area contributed by atoms with E-state index in [4.69, 9.17) is 19.2 Å². The number of amides is 1. The van der Waals surface area contributed by atoms with Gasteiger partial charge in [-0.3, -0.25) is 4.79 Å². The number of thiazole rings is 1. The first-order valence-electron chi connectivity index (χ1n) is 11.4. The number of aromatic nitrogens is 1. The topological polar surface area (TPSA) is 72.9 Å². The summed E-state index contributed by atoms with van der Waals surface area (Å²) in [6.45, 7) is 4.83. The molecule has 0 bridgehead atoms. The van der Waals surface area contributed by atoms with E-state index in [1.54, 1.807) is 25.6 Å². The number of hydrogen-bond donors (Lipinski definition) is 1. The van der Waals surface area contributed by atoms with Crippen LogP contribution in [0.5, 0.6) is 17.2 Å². The summed E-state index contributed by atoms with van der Waals surface area (Å²) in [5.74, 6) is 2.35. The predicted molar refractivity (Wildman–Crippen MR) is 132 cm³/mol. The molecule has 4 rings (SSSR count). The van der Waals surface area contributed by atoms with E-state index in [0.29, 0.717) is 31.2 Å². The zero-order valence-electron chi connectivity index (χ0n) is 19.4. The number of carbonyl (C=O) groups is 1. The number of piperidine rings is 1. The molecule has 0 saturated carbocycles. The van der Waals surface area contributed by atoms with Crippen molar-refractivity contribution in [2.45, 2.75) is 26.2 Å². The molecule has 176 valence electrons. The molecular formula is C25H31N3O4S. The van der Waals surface area contributed by atoms with Gasteiger partial charge in [-0.15, -0.1) is 0 Å². The summed E-state index contributed by atoms with van der Waals surface area (Å²) >= 11 is 1.66. The second kappa shape index (κ2) is 10.7. The molecule has 1 saturated heterocycles. The van der Waals surface area contributed by atoms with Gasteiger partial charge in [0.15, 0.2) is 16.6 Å². The Hall–Kier alpha value is -3.00. The Balaban J connectivity index is 1.33. The zero-order chi connectivity index (χ0) is 23.2. The maximum Gasteiger partial charge on any atom is 0.224 e. The summed E-state index contributed by atoms with van der Waals surface area (Å²) < 4.78 is 17.4. The minimum absolute atomic E-state index is 0.0323. The molecule has 3 aromatic rings. The van der Waals surface area contributed by atoms with Crippen molar-refractivity contribution in [1.82, 2.24) is 10.3 Å². The van der Waals surface area contributed by atoms with Gasteiger partial charge in [0.25, 0.3) is 0 Å². The maximum atomic E-state index is 12.9. The van der Waals surface area contributed by atoms with Crippen LogP contribution < -0.4 is 24.4 Å². The first kappa shape index (κ1) is 23.2. The third-order valence-electron chi connectivity index (χ3n) is 5.88. The van der Waals surface area contributed by atoms with Crippen molar-refractivity contribution in [3.05, 3.63) is 42.0 Å². The Morgan fingerprint density at radius 1 is 1.18 bits per heavy atom. The summed E-state index contributed by atoms with van der Waals surface area (Å²) in [7, 11) is 3.25. The molecule has 1 fully saturated rings. The fourth-order valence-corrected chi connectivity index (χ4v) is 5.19. The van der Waals surface area contributed by atoms with Crippen LogP contribution in [0.4, 0.5) is 5.13 Å². The van der Waals surface area contributed by atoms with Crippen LogP contribution in [-0.4, -0.2) is 51.4 Å². The highest BCUT2D eigenvalue weighted by Crippen LogP contribution is 2.33. The Morgan fingerprint density at radius 2 is 2.03 bits per heavy atom. The fraction of sp³-hybridized carbons (Fsp3) is 0.440. The minimum atomic E-state index is -0.0323. The predicted octanol–water partition coefficient (Wildman–Crippen LogP) is 4.29. The van der Waals surface area contributed by atoms with Crippen molar-refractivity contribution in [2.75, 3.05) is 45.4 Å². The van der Waals surface area contributed by atoms with Gasteiger partial charge in [-0.1, -0.05) is 17.4 Å². The smallest absolute Gasteiger partial charge is 0.224 e. The fourth-order valence-electron chi connectivity index (χ4n) is 4.16. The van der Waals surface area contributed by atoms with Gasteiger partial charge in [-0.2, -0.15) is 0 Å². The number of carbonyl (C=O) groups excluding carboxylic acids is 1. The van der Waals surface area contributed by atoms with Gasteiger partial charge in [0.05, 0.1) is 37.0 Å². The van der Waals surface area contributed by atoms with E-state index in [2.05, 4.69) is 10.2 Å². The molecule has 8 heteroatoms. The lowest BCUT2D eigenvalue weighted by atomic mass is 9.97. The van der Waals surface area contributed by atoms with Crippen LogP contribution >= 0.6 is 11.3 Å². The molecule has 2 heterocycles. The molecule has 1 aromatic heterocycles.